The Morgan fingerprint density at radius 3 is 2.17 bits per heavy atom. The van der Waals surface area contributed by atoms with E-state index in [2.05, 4.69) is 39.8 Å². The lowest BCUT2D eigenvalue weighted by atomic mass is 9.83. The van der Waals surface area contributed by atoms with Gasteiger partial charge < -0.3 is 10.2 Å². The Morgan fingerprint density at radius 1 is 0.957 bits per heavy atom. The molecule has 2 rings (SSSR count). The first-order chi connectivity index (χ1) is 10.6. The Labute approximate surface area is 139 Å². The zero-order valence-corrected chi connectivity index (χ0v) is 14.9. The van der Waals surface area contributed by atoms with Crippen LogP contribution in [0.4, 0.5) is 0 Å². The maximum atomic E-state index is 10.3. The van der Waals surface area contributed by atoms with Gasteiger partial charge in [-0.2, -0.15) is 0 Å². The zero-order chi connectivity index (χ0) is 17.4. The van der Waals surface area contributed by atoms with Gasteiger partial charge in [-0.05, 0) is 78.3 Å². The molecule has 0 atom stereocenters. The average molecular weight is 310 g/mol. The minimum Gasteiger partial charge on any atom is -0.508 e. The van der Waals surface area contributed by atoms with E-state index in [1.807, 2.05) is 32.0 Å². The second-order valence-electron chi connectivity index (χ2n) is 7.31. The van der Waals surface area contributed by atoms with Crippen LogP contribution >= 0.6 is 0 Å². The van der Waals surface area contributed by atoms with E-state index in [-0.39, 0.29) is 5.41 Å². The maximum absolute atomic E-state index is 10.3. The van der Waals surface area contributed by atoms with Crippen LogP contribution in [0.2, 0.25) is 0 Å². The van der Waals surface area contributed by atoms with Crippen molar-refractivity contribution < 1.29 is 10.2 Å². The predicted molar refractivity (Wildman–Crippen MR) is 97.9 cm³/mol. The standard InChI is InChI=1S/C21H26O2/c1-13(9-16-7-8-19(22)14(2)10-16)17-11-15(3)20(23)18(12-17)21(4,5)6/h7-12,22-23H,1-6H3. The quantitative estimate of drug-likeness (QED) is 0.712. The highest BCUT2D eigenvalue weighted by Gasteiger charge is 2.20. The summed E-state index contributed by atoms with van der Waals surface area (Å²) in [6, 6.07) is 9.68. The van der Waals surface area contributed by atoms with Crippen LogP contribution in [0.25, 0.3) is 11.6 Å². The summed E-state index contributed by atoms with van der Waals surface area (Å²) in [5.41, 5.74) is 5.90. The topological polar surface area (TPSA) is 40.5 Å². The van der Waals surface area contributed by atoms with Crippen LogP contribution in [0.3, 0.4) is 0 Å². The normalized spacial score (nSPS) is 12.5. The zero-order valence-electron chi connectivity index (χ0n) is 14.9. The Bertz CT molecular complexity index is 762. The molecular formula is C21H26O2. The second-order valence-corrected chi connectivity index (χ2v) is 7.31. The van der Waals surface area contributed by atoms with Gasteiger partial charge in [-0.25, -0.2) is 0 Å². The molecule has 0 spiro atoms. The smallest absolute Gasteiger partial charge is 0.122 e. The summed E-state index contributed by atoms with van der Waals surface area (Å²) in [4.78, 5) is 0. The fourth-order valence-corrected chi connectivity index (χ4v) is 2.68. The number of phenolic OH excluding ortho intramolecular Hbond substituents is 2. The molecule has 0 saturated carbocycles. The summed E-state index contributed by atoms with van der Waals surface area (Å²) < 4.78 is 0. The first kappa shape index (κ1) is 17.1. The molecule has 0 aliphatic carbocycles. The lowest BCUT2D eigenvalue weighted by Crippen LogP contribution is -2.12. The van der Waals surface area contributed by atoms with E-state index in [9.17, 15) is 10.2 Å². The molecule has 2 aromatic carbocycles. The van der Waals surface area contributed by atoms with Gasteiger partial charge >= 0.3 is 0 Å². The van der Waals surface area contributed by atoms with E-state index in [1.54, 1.807) is 6.07 Å². The molecule has 0 aliphatic heterocycles. The van der Waals surface area contributed by atoms with Crippen molar-refractivity contribution in [2.45, 2.75) is 47.0 Å². The molecule has 0 amide bonds. The maximum Gasteiger partial charge on any atom is 0.122 e. The number of aromatic hydroxyl groups is 2. The third-order valence-corrected chi connectivity index (χ3v) is 4.17. The van der Waals surface area contributed by atoms with E-state index in [1.165, 1.54) is 0 Å². The summed E-state index contributed by atoms with van der Waals surface area (Å²) >= 11 is 0. The highest BCUT2D eigenvalue weighted by molar-refractivity contribution is 5.81. The van der Waals surface area contributed by atoms with Crippen LogP contribution in [0.1, 0.15) is 55.5 Å². The number of hydrogen-bond donors (Lipinski definition) is 2. The molecule has 2 aromatic rings. The molecule has 0 heterocycles. The molecule has 0 radical (unpaired) electrons. The summed E-state index contributed by atoms with van der Waals surface area (Å²) in [5.74, 6) is 0.699. The molecule has 0 fully saturated rings. The molecular weight excluding hydrogens is 284 g/mol. The minimum atomic E-state index is -0.111. The Kier molecular flexibility index (Phi) is 4.56. The lowest BCUT2D eigenvalue weighted by Gasteiger charge is -2.23. The molecule has 122 valence electrons. The fourth-order valence-electron chi connectivity index (χ4n) is 2.68. The summed E-state index contributed by atoms with van der Waals surface area (Å²) in [6.45, 7) is 12.2. The van der Waals surface area contributed by atoms with Crippen molar-refractivity contribution in [3.05, 3.63) is 58.1 Å². The molecule has 0 aliphatic rings. The summed E-state index contributed by atoms with van der Waals surface area (Å²) in [7, 11) is 0. The van der Waals surface area contributed by atoms with Crippen LogP contribution in [-0.2, 0) is 5.41 Å². The lowest BCUT2D eigenvalue weighted by molar-refractivity contribution is 0.443. The Balaban J connectivity index is 2.50. The third-order valence-electron chi connectivity index (χ3n) is 4.17. The molecule has 2 heteroatoms. The van der Waals surface area contributed by atoms with E-state index in [4.69, 9.17) is 0 Å². The number of hydrogen-bond acceptors (Lipinski definition) is 2. The molecule has 0 aromatic heterocycles. The molecule has 0 saturated heterocycles. The van der Waals surface area contributed by atoms with Crippen molar-refractivity contribution in [1.29, 1.82) is 0 Å². The van der Waals surface area contributed by atoms with Crippen molar-refractivity contribution in [2.75, 3.05) is 0 Å². The van der Waals surface area contributed by atoms with Crippen molar-refractivity contribution in [3.63, 3.8) is 0 Å². The van der Waals surface area contributed by atoms with Gasteiger partial charge in [0.1, 0.15) is 11.5 Å². The first-order valence-corrected chi connectivity index (χ1v) is 7.92. The highest BCUT2D eigenvalue weighted by Crippen LogP contribution is 2.36. The van der Waals surface area contributed by atoms with Gasteiger partial charge in [0.05, 0.1) is 0 Å². The fraction of sp³-hybridized carbons (Fsp3) is 0.333. The molecule has 0 bridgehead atoms. The van der Waals surface area contributed by atoms with E-state index in [0.717, 1.165) is 33.4 Å². The number of benzene rings is 2. The Morgan fingerprint density at radius 2 is 1.61 bits per heavy atom. The summed E-state index contributed by atoms with van der Waals surface area (Å²) in [6.07, 6.45) is 2.10. The van der Waals surface area contributed by atoms with Crippen LogP contribution in [0.15, 0.2) is 30.3 Å². The highest BCUT2D eigenvalue weighted by atomic mass is 16.3. The van der Waals surface area contributed by atoms with Crippen LogP contribution < -0.4 is 0 Å². The molecule has 0 unspecified atom stereocenters. The Hall–Kier alpha value is -2.22. The van der Waals surface area contributed by atoms with Gasteiger partial charge in [-0.1, -0.05) is 32.9 Å². The van der Waals surface area contributed by atoms with Gasteiger partial charge in [0, 0.05) is 5.56 Å². The number of rotatable bonds is 2. The first-order valence-electron chi connectivity index (χ1n) is 7.92. The van der Waals surface area contributed by atoms with Gasteiger partial charge in [0.25, 0.3) is 0 Å². The molecule has 2 nitrogen and oxygen atoms in total. The second kappa shape index (κ2) is 6.11. The van der Waals surface area contributed by atoms with Gasteiger partial charge in [-0.15, -0.1) is 0 Å². The predicted octanol–water partition coefficient (Wildman–Crippen LogP) is 5.57. The largest absolute Gasteiger partial charge is 0.508 e. The van der Waals surface area contributed by atoms with Crippen LogP contribution in [0.5, 0.6) is 11.5 Å². The van der Waals surface area contributed by atoms with E-state index >= 15 is 0 Å². The van der Waals surface area contributed by atoms with Crippen LogP contribution in [0, 0.1) is 13.8 Å². The van der Waals surface area contributed by atoms with Crippen LogP contribution in [-0.4, -0.2) is 10.2 Å². The van der Waals surface area contributed by atoms with E-state index < -0.39 is 0 Å². The SMILES string of the molecule is CC(=Cc1ccc(O)c(C)c1)c1cc(C)c(O)c(C(C)(C)C)c1. The van der Waals surface area contributed by atoms with E-state index in [0.29, 0.717) is 11.5 Å². The molecule has 2 N–H and O–H groups in total. The van der Waals surface area contributed by atoms with Crippen molar-refractivity contribution in [1.82, 2.24) is 0 Å². The van der Waals surface area contributed by atoms with Crippen molar-refractivity contribution in [2.24, 2.45) is 0 Å². The molecule has 23 heavy (non-hydrogen) atoms. The monoisotopic (exact) mass is 310 g/mol. The van der Waals surface area contributed by atoms with Crippen molar-refractivity contribution >= 4 is 11.6 Å². The van der Waals surface area contributed by atoms with Gasteiger partial charge in [0.15, 0.2) is 0 Å². The van der Waals surface area contributed by atoms with Gasteiger partial charge in [0.2, 0.25) is 0 Å². The number of phenols is 2. The summed E-state index contributed by atoms with van der Waals surface area (Å²) in [5, 5.41) is 20.0. The van der Waals surface area contributed by atoms with Crippen molar-refractivity contribution in [3.8, 4) is 11.5 Å². The number of aryl methyl sites for hydroxylation is 2. The van der Waals surface area contributed by atoms with Gasteiger partial charge in [-0.3, -0.25) is 0 Å². The minimum absolute atomic E-state index is 0.111. The third kappa shape index (κ3) is 3.76. The number of allylic oxidation sites excluding steroid dienone is 1. The average Bonchev–Trinajstić information content (AvgIpc) is 2.44.